The number of aryl methyl sites for hydroxylation is 1. The van der Waals surface area contributed by atoms with Crippen LogP contribution >= 0.6 is 0 Å². The van der Waals surface area contributed by atoms with Gasteiger partial charge in [0.1, 0.15) is 5.82 Å². The smallest absolute Gasteiger partial charge is 0.129 e. The van der Waals surface area contributed by atoms with Crippen LogP contribution in [0.2, 0.25) is 0 Å². The van der Waals surface area contributed by atoms with Crippen molar-refractivity contribution in [3.05, 3.63) is 42.1 Å². The quantitative estimate of drug-likeness (QED) is 0.923. The summed E-state index contributed by atoms with van der Waals surface area (Å²) in [5, 5.41) is 0. The minimum Gasteiger partial charge on any atom is -0.397 e. The van der Waals surface area contributed by atoms with Gasteiger partial charge in [0.25, 0.3) is 0 Å². The van der Waals surface area contributed by atoms with E-state index in [0.29, 0.717) is 0 Å². The molecule has 1 aliphatic heterocycles. The third kappa shape index (κ3) is 4.02. The van der Waals surface area contributed by atoms with E-state index < -0.39 is 0 Å². The zero-order chi connectivity index (χ0) is 16.8. The van der Waals surface area contributed by atoms with E-state index in [-0.39, 0.29) is 0 Å². The van der Waals surface area contributed by atoms with Crippen LogP contribution in [-0.4, -0.2) is 43.1 Å². The predicted octanol–water partition coefficient (Wildman–Crippen LogP) is 3.42. The predicted molar refractivity (Wildman–Crippen MR) is 99.9 cm³/mol. The summed E-state index contributed by atoms with van der Waals surface area (Å²) >= 11 is 0. The van der Waals surface area contributed by atoms with Crippen LogP contribution in [-0.2, 0) is 0 Å². The Labute approximate surface area is 139 Å². The second-order valence-corrected chi connectivity index (χ2v) is 5.73. The van der Waals surface area contributed by atoms with Crippen molar-refractivity contribution in [2.45, 2.75) is 20.8 Å². The molecule has 0 bridgehead atoms. The van der Waals surface area contributed by atoms with Gasteiger partial charge in [0.05, 0.1) is 11.9 Å². The van der Waals surface area contributed by atoms with Gasteiger partial charge in [0, 0.05) is 31.7 Å². The number of nitrogens with zero attached hydrogens (tertiary/aromatic N) is 3. The van der Waals surface area contributed by atoms with Crippen molar-refractivity contribution >= 4 is 11.5 Å². The van der Waals surface area contributed by atoms with E-state index in [1.165, 1.54) is 11.1 Å². The summed E-state index contributed by atoms with van der Waals surface area (Å²) in [6.45, 7) is 10.3. The Morgan fingerprint density at radius 1 is 1.00 bits per heavy atom. The van der Waals surface area contributed by atoms with E-state index >= 15 is 0 Å². The summed E-state index contributed by atoms with van der Waals surface area (Å²) in [6.07, 6.45) is 1.79. The molecule has 1 aromatic heterocycles. The van der Waals surface area contributed by atoms with Crippen molar-refractivity contribution in [3.63, 3.8) is 0 Å². The Hall–Kier alpha value is -2.07. The number of anilines is 2. The highest BCUT2D eigenvalue weighted by Gasteiger charge is 2.17. The van der Waals surface area contributed by atoms with Gasteiger partial charge in [-0.25, -0.2) is 4.98 Å². The standard InChI is InChI=1S/C17H22N4.C2H6/c1-13-5-3-4-6-14(13)15-11-17(19-12-16(15)18)21-9-7-20(2)8-10-21;1-2/h3-6,11-12H,7-10,18H2,1-2H3;1-2H3. The molecule has 1 fully saturated rings. The first-order chi connectivity index (χ1) is 11.1. The van der Waals surface area contributed by atoms with Crippen LogP contribution in [0.4, 0.5) is 11.5 Å². The second kappa shape index (κ2) is 7.97. The fourth-order valence-electron chi connectivity index (χ4n) is 2.77. The third-order valence-electron chi connectivity index (χ3n) is 4.18. The first kappa shape index (κ1) is 17.3. The highest BCUT2D eigenvalue weighted by Crippen LogP contribution is 2.31. The lowest BCUT2D eigenvalue weighted by Crippen LogP contribution is -2.44. The first-order valence-electron chi connectivity index (χ1n) is 8.40. The summed E-state index contributed by atoms with van der Waals surface area (Å²) in [5.74, 6) is 1.02. The molecule has 0 amide bonds. The fraction of sp³-hybridized carbons (Fsp3) is 0.421. The topological polar surface area (TPSA) is 45.4 Å². The highest BCUT2D eigenvalue weighted by molar-refractivity contribution is 5.80. The fourth-order valence-corrected chi connectivity index (χ4v) is 2.77. The van der Waals surface area contributed by atoms with Crippen LogP contribution in [0.25, 0.3) is 11.1 Å². The lowest BCUT2D eigenvalue weighted by molar-refractivity contribution is 0.312. The monoisotopic (exact) mass is 312 g/mol. The summed E-state index contributed by atoms with van der Waals surface area (Å²) in [7, 11) is 2.16. The van der Waals surface area contributed by atoms with Crippen LogP contribution < -0.4 is 10.6 Å². The number of nitrogens with two attached hydrogens (primary N) is 1. The molecule has 2 N–H and O–H groups in total. The zero-order valence-corrected chi connectivity index (χ0v) is 14.7. The molecule has 0 radical (unpaired) electrons. The Morgan fingerprint density at radius 2 is 1.65 bits per heavy atom. The maximum absolute atomic E-state index is 6.15. The van der Waals surface area contributed by atoms with Crippen molar-refractivity contribution in [2.75, 3.05) is 43.9 Å². The van der Waals surface area contributed by atoms with Gasteiger partial charge >= 0.3 is 0 Å². The van der Waals surface area contributed by atoms with Crippen LogP contribution in [0.3, 0.4) is 0 Å². The molecule has 4 heteroatoms. The number of rotatable bonds is 2. The average molecular weight is 312 g/mol. The number of hydrogen-bond donors (Lipinski definition) is 1. The minimum atomic E-state index is 0.738. The molecule has 1 aromatic carbocycles. The maximum Gasteiger partial charge on any atom is 0.129 e. The Kier molecular flexibility index (Phi) is 5.99. The number of aromatic nitrogens is 1. The minimum absolute atomic E-state index is 0.738. The number of piperazine rings is 1. The molecule has 0 aliphatic carbocycles. The summed E-state index contributed by atoms with van der Waals surface area (Å²) < 4.78 is 0. The van der Waals surface area contributed by atoms with Crippen LogP contribution in [0.5, 0.6) is 0 Å². The highest BCUT2D eigenvalue weighted by atomic mass is 15.3. The van der Waals surface area contributed by atoms with E-state index in [1.807, 2.05) is 13.8 Å². The summed E-state index contributed by atoms with van der Waals surface area (Å²) in [5.41, 5.74) is 10.4. The van der Waals surface area contributed by atoms with Crippen LogP contribution in [0.15, 0.2) is 36.5 Å². The molecule has 2 heterocycles. The molecule has 1 aliphatic rings. The molecule has 3 rings (SSSR count). The lowest BCUT2D eigenvalue weighted by Gasteiger charge is -2.33. The molecule has 23 heavy (non-hydrogen) atoms. The molecule has 2 aromatic rings. The van der Waals surface area contributed by atoms with Gasteiger partial charge in [-0.05, 0) is 31.2 Å². The van der Waals surface area contributed by atoms with Crippen molar-refractivity contribution < 1.29 is 0 Å². The van der Waals surface area contributed by atoms with Gasteiger partial charge in [0.2, 0.25) is 0 Å². The van der Waals surface area contributed by atoms with Crippen molar-refractivity contribution in [1.29, 1.82) is 0 Å². The van der Waals surface area contributed by atoms with Gasteiger partial charge in [0.15, 0.2) is 0 Å². The molecular weight excluding hydrogens is 284 g/mol. The Balaban J connectivity index is 0.000000924. The second-order valence-electron chi connectivity index (χ2n) is 5.73. The van der Waals surface area contributed by atoms with E-state index in [1.54, 1.807) is 6.20 Å². The van der Waals surface area contributed by atoms with Gasteiger partial charge < -0.3 is 15.5 Å². The average Bonchev–Trinajstić information content (AvgIpc) is 2.59. The number of pyridine rings is 1. The van der Waals surface area contributed by atoms with Gasteiger partial charge in [-0.1, -0.05) is 38.1 Å². The molecule has 0 saturated carbocycles. The van der Waals surface area contributed by atoms with Crippen LogP contribution in [0.1, 0.15) is 19.4 Å². The van der Waals surface area contributed by atoms with E-state index in [9.17, 15) is 0 Å². The molecule has 0 spiro atoms. The number of benzene rings is 1. The van der Waals surface area contributed by atoms with Crippen molar-refractivity contribution in [2.24, 2.45) is 0 Å². The summed E-state index contributed by atoms with van der Waals surface area (Å²) in [6, 6.07) is 10.5. The van der Waals surface area contributed by atoms with Crippen molar-refractivity contribution in [1.82, 2.24) is 9.88 Å². The third-order valence-corrected chi connectivity index (χ3v) is 4.18. The van der Waals surface area contributed by atoms with E-state index in [2.05, 4.69) is 59.1 Å². The normalized spacial score (nSPS) is 15.0. The zero-order valence-electron chi connectivity index (χ0n) is 14.7. The van der Waals surface area contributed by atoms with E-state index in [0.717, 1.165) is 43.2 Å². The van der Waals surface area contributed by atoms with Gasteiger partial charge in [-0.15, -0.1) is 0 Å². The first-order valence-corrected chi connectivity index (χ1v) is 8.40. The molecule has 124 valence electrons. The SMILES string of the molecule is CC.Cc1ccccc1-c1cc(N2CCN(C)CC2)ncc1N. The maximum atomic E-state index is 6.15. The molecule has 4 nitrogen and oxygen atoms in total. The largest absolute Gasteiger partial charge is 0.397 e. The number of hydrogen-bond acceptors (Lipinski definition) is 4. The van der Waals surface area contributed by atoms with E-state index in [4.69, 9.17) is 5.73 Å². The summed E-state index contributed by atoms with van der Waals surface area (Å²) in [4.78, 5) is 9.20. The van der Waals surface area contributed by atoms with Gasteiger partial charge in [-0.3, -0.25) is 0 Å². The van der Waals surface area contributed by atoms with Gasteiger partial charge in [-0.2, -0.15) is 0 Å². The molecular formula is C19H28N4. The molecule has 0 unspecified atom stereocenters. The molecule has 0 atom stereocenters. The van der Waals surface area contributed by atoms with Crippen molar-refractivity contribution in [3.8, 4) is 11.1 Å². The Morgan fingerprint density at radius 3 is 2.30 bits per heavy atom. The lowest BCUT2D eigenvalue weighted by atomic mass is 10.00. The number of nitrogen functional groups attached to an aromatic ring is 1. The molecule has 1 saturated heterocycles. The number of likely N-dealkylation sites (N-methyl/N-ethyl adjacent to an activating group) is 1. The van der Waals surface area contributed by atoms with Crippen LogP contribution in [0, 0.1) is 6.92 Å². The Bertz CT molecular complexity index is 631.